The van der Waals surface area contributed by atoms with Crippen LogP contribution in [0.3, 0.4) is 0 Å². The summed E-state index contributed by atoms with van der Waals surface area (Å²) in [5.74, 6) is 1.32. The minimum absolute atomic E-state index is 0.632. The summed E-state index contributed by atoms with van der Waals surface area (Å²) in [5, 5.41) is 0. The van der Waals surface area contributed by atoms with E-state index < -0.39 is 0 Å². The Morgan fingerprint density at radius 1 is 1.33 bits per heavy atom. The number of allylic oxidation sites excluding steroid dienone is 3. The van der Waals surface area contributed by atoms with Crippen LogP contribution in [-0.4, -0.2) is 6.26 Å². The quantitative estimate of drug-likeness (QED) is 0.431. The number of thioether (sulfide) groups is 1. The molecule has 1 atom stereocenters. The monoisotopic (exact) mass is 224 g/mol. The summed E-state index contributed by atoms with van der Waals surface area (Å²) >= 11 is 1.78. The van der Waals surface area contributed by atoms with Gasteiger partial charge in [-0.3, -0.25) is 0 Å². The third kappa shape index (κ3) is 5.27. The molecule has 0 aliphatic rings. The van der Waals surface area contributed by atoms with Crippen LogP contribution in [0.2, 0.25) is 0 Å². The first-order valence-electron chi connectivity index (χ1n) is 5.55. The van der Waals surface area contributed by atoms with Crippen molar-refractivity contribution >= 4 is 11.8 Å². The fourth-order valence-electron chi connectivity index (χ4n) is 1.66. The van der Waals surface area contributed by atoms with Crippen molar-refractivity contribution in [2.24, 2.45) is 11.8 Å². The molecule has 0 nitrogen and oxygen atoms in total. The molecule has 0 aromatic rings. The Labute approximate surface area is 99.5 Å². The van der Waals surface area contributed by atoms with Crippen LogP contribution < -0.4 is 0 Å². The second kappa shape index (κ2) is 7.81. The van der Waals surface area contributed by atoms with Crippen molar-refractivity contribution in [3.8, 4) is 0 Å². The molecule has 0 aromatic heterocycles. The average molecular weight is 224 g/mol. The predicted molar refractivity (Wildman–Crippen MR) is 74.2 cm³/mol. The summed E-state index contributed by atoms with van der Waals surface area (Å²) < 4.78 is 0. The topological polar surface area (TPSA) is 0 Å². The summed E-state index contributed by atoms with van der Waals surface area (Å²) in [6.07, 6.45) is 8.50. The van der Waals surface area contributed by atoms with Crippen LogP contribution >= 0.6 is 11.8 Å². The largest absolute Gasteiger partial charge is 0.130 e. The summed E-state index contributed by atoms with van der Waals surface area (Å²) in [6.45, 7) is 14.5. The number of hydrogen-bond donors (Lipinski definition) is 0. The molecule has 0 saturated heterocycles. The summed E-state index contributed by atoms with van der Waals surface area (Å²) in [5.41, 5.74) is 1.45. The minimum Gasteiger partial charge on any atom is -0.130 e. The van der Waals surface area contributed by atoms with E-state index in [0.29, 0.717) is 11.8 Å². The van der Waals surface area contributed by atoms with Crippen molar-refractivity contribution in [2.75, 3.05) is 6.26 Å². The highest BCUT2D eigenvalue weighted by Gasteiger charge is 2.09. The van der Waals surface area contributed by atoms with Gasteiger partial charge in [-0.1, -0.05) is 38.2 Å². The van der Waals surface area contributed by atoms with E-state index in [1.54, 1.807) is 11.8 Å². The zero-order valence-electron chi connectivity index (χ0n) is 10.5. The van der Waals surface area contributed by atoms with Gasteiger partial charge >= 0.3 is 0 Å². The lowest BCUT2D eigenvalue weighted by atomic mass is 9.90. The van der Waals surface area contributed by atoms with E-state index in [-0.39, 0.29) is 0 Å². The van der Waals surface area contributed by atoms with Gasteiger partial charge in [-0.25, -0.2) is 0 Å². The van der Waals surface area contributed by atoms with Gasteiger partial charge in [0.25, 0.3) is 0 Å². The Kier molecular flexibility index (Phi) is 7.59. The van der Waals surface area contributed by atoms with Gasteiger partial charge in [0.05, 0.1) is 0 Å². The van der Waals surface area contributed by atoms with E-state index in [4.69, 9.17) is 0 Å². The van der Waals surface area contributed by atoms with E-state index in [0.717, 1.165) is 6.42 Å². The van der Waals surface area contributed by atoms with Crippen molar-refractivity contribution < 1.29 is 0 Å². The van der Waals surface area contributed by atoms with Crippen LogP contribution in [0.4, 0.5) is 0 Å². The molecule has 15 heavy (non-hydrogen) atoms. The number of hydrogen-bond acceptors (Lipinski definition) is 1. The zero-order valence-corrected chi connectivity index (χ0v) is 11.4. The Morgan fingerprint density at radius 3 is 2.27 bits per heavy atom. The van der Waals surface area contributed by atoms with Gasteiger partial charge in [0, 0.05) is 4.91 Å². The molecule has 0 amide bonds. The van der Waals surface area contributed by atoms with Gasteiger partial charge in [-0.05, 0) is 37.9 Å². The first-order chi connectivity index (χ1) is 7.06. The molecule has 1 heteroatoms. The maximum Gasteiger partial charge on any atom is 0.00524 e. The van der Waals surface area contributed by atoms with Crippen molar-refractivity contribution in [2.45, 2.75) is 33.6 Å². The standard InChI is InChI=1S/C14H24S/c1-7-13(11(3)4)10-9-12(5)14(8-2)15-6/h7-8,11,13H,1-2,9-10H2,3-6H3/b14-12+. The fraction of sp³-hybridized carbons (Fsp3) is 0.571. The second-order valence-corrected chi connectivity index (χ2v) is 5.08. The SMILES string of the molecule is C=C/C(SC)=C(/C)CCC(C=C)C(C)C. The molecule has 0 aromatic carbocycles. The molecule has 0 fully saturated rings. The smallest absolute Gasteiger partial charge is 0.00524 e. The van der Waals surface area contributed by atoms with E-state index >= 15 is 0 Å². The fourth-order valence-corrected chi connectivity index (χ4v) is 2.28. The molecule has 0 aliphatic carbocycles. The van der Waals surface area contributed by atoms with Gasteiger partial charge in [0.15, 0.2) is 0 Å². The van der Waals surface area contributed by atoms with Crippen LogP contribution in [0.1, 0.15) is 33.6 Å². The van der Waals surface area contributed by atoms with E-state index in [1.165, 1.54) is 16.9 Å². The third-order valence-corrected chi connectivity index (χ3v) is 3.79. The molecule has 86 valence electrons. The third-order valence-electron chi connectivity index (χ3n) is 2.84. The van der Waals surface area contributed by atoms with Crippen molar-refractivity contribution in [1.29, 1.82) is 0 Å². The maximum absolute atomic E-state index is 3.90. The molecular weight excluding hydrogens is 200 g/mol. The lowest BCUT2D eigenvalue weighted by Crippen LogP contribution is -2.05. The Morgan fingerprint density at radius 2 is 1.93 bits per heavy atom. The summed E-state index contributed by atoms with van der Waals surface area (Å²) in [4.78, 5) is 1.32. The molecule has 0 aliphatic heterocycles. The lowest BCUT2D eigenvalue weighted by Gasteiger charge is -2.17. The molecule has 0 saturated carbocycles. The van der Waals surface area contributed by atoms with Gasteiger partial charge in [-0.2, -0.15) is 0 Å². The van der Waals surface area contributed by atoms with Gasteiger partial charge in [0.2, 0.25) is 0 Å². The summed E-state index contributed by atoms with van der Waals surface area (Å²) in [7, 11) is 0. The first kappa shape index (κ1) is 14.6. The molecule has 0 heterocycles. The van der Waals surface area contributed by atoms with E-state index in [9.17, 15) is 0 Å². The highest BCUT2D eigenvalue weighted by atomic mass is 32.2. The van der Waals surface area contributed by atoms with E-state index in [2.05, 4.69) is 46.3 Å². The predicted octanol–water partition coefficient (Wildman–Crippen LogP) is 5.05. The van der Waals surface area contributed by atoms with Crippen molar-refractivity contribution in [3.05, 3.63) is 35.8 Å². The first-order valence-corrected chi connectivity index (χ1v) is 6.78. The molecule has 1 unspecified atom stereocenters. The molecule has 0 bridgehead atoms. The Hall–Kier alpha value is -0.430. The van der Waals surface area contributed by atoms with Gasteiger partial charge < -0.3 is 0 Å². The molecule has 0 radical (unpaired) electrons. The van der Waals surface area contributed by atoms with Crippen molar-refractivity contribution in [3.63, 3.8) is 0 Å². The summed E-state index contributed by atoms with van der Waals surface area (Å²) in [6, 6.07) is 0. The molecule has 0 rings (SSSR count). The van der Waals surface area contributed by atoms with Gasteiger partial charge in [-0.15, -0.1) is 18.3 Å². The van der Waals surface area contributed by atoms with Crippen LogP contribution in [0.15, 0.2) is 35.8 Å². The number of rotatable bonds is 7. The molecule has 0 N–H and O–H groups in total. The van der Waals surface area contributed by atoms with Gasteiger partial charge in [0.1, 0.15) is 0 Å². The van der Waals surface area contributed by atoms with Crippen LogP contribution in [0, 0.1) is 11.8 Å². The normalized spacial score (nSPS) is 14.7. The van der Waals surface area contributed by atoms with Crippen LogP contribution in [0.5, 0.6) is 0 Å². The van der Waals surface area contributed by atoms with Crippen LogP contribution in [0.25, 0.3) is 0 Å². The van der Waals surface area contributed by atoms with Crippen molar-refractivity contribution in [1.82, 2.24) is 0 Å². The average Bonchev–Trinajstić information content (AvgIpc) is 2.20. The second-order valence-electron chi connectivity index (χ2n) is 4.24. The zero-order chi connectivity index (χ0) is 11.8. The van der Waals surface area contributed by atoms with Crippen LogP contribution in [-0.2, 0) is 0 Å². The minimum atomic E-state index is 0.632. The Balaban J connectivity index is 4.30. The molecule has 0 spiro atoms. The lowest BCUT2D eigenvalue weighted by molar-refractivity contribution is 0.437. The Bertz CT molecular complexity index is 236. The molecular formula is C14H24S. The highest BCUT2D eigenvalue weighted by molar-refractivity contribution is 8.02. The highest BCUT2D eigenvalue weighted by Crippen LogP contribution is 2.25. The maximum atomic E-state index is 3.90. The van der Waals surface area contributed by atoms with E-state index in [1.807, 2.05) is 6.08 Å².